The van der Waals surface area contributed by atoms with Crippen LogP contribution < -0.4 is 0 Å². The minimum absolute atomic E-state index is 0.0740. The van der Waals surface area contributed by atoms with E-state index < -0.39 is 0 Å². The zero-order valence-corrected chi connectivity index (χ0v) is 10.5. The van der Waals surface area contributed by atoms with Gasteiger partial charge < -0.3 is 14.4 Å². The molecular weight excluding hydrogens is 218 g/mol. The Hall–Kier alpha value is -0.610. The molecule has 0 N–H and O–H groups in total. The average molecular weight is 239 g/mol. The molecule has 17 heavy (non-hydrogen) atoms. The van der Waals surface area contributed by atoms with E-state index in [0.29, 0.717) is 17.7 Å². The number of carbonyl (C=O) groups excluding carboxylic acids is 1. The van der Waals surface area contributed by atoms with Gasteiger partial charge in [-0.2, -0.15) is 0 Å². The summed E-state index contributed by atoms with van der Waals surface area (Å²) in [5.41, 5.74) is -0.0740. The van der Waals surface area contributed by atoms with Crippen molar-refractivity contribution in [1.82, 2.24) is 4.90 Å². The maximum Gasteiger partial charge on any atom is 0.225 e. The molecule has 96 valence electrons. The number of hydrogen-bond donors (Lipinski definition) is 0. The lowest BCUT2D eigenvalue weighted by Gasteiger charge is -2.51. The Balaban J connectivity index is 1.56. The summed E-state index contributed by atoms with van der Waals surface area (Å²) in [6, 6.07) is 0. The second-order valence-corrected chi connectivity index (χ2v) is 5.68. The fourth-order valence-electron chi connectivity index (χ4n) is 3.24. The van der Waals surface area contributed by atoms with Crippen molar-refractivity contribution in [3.8, 4) is 0 Å². The minimum atomic E-state index is -0.0740. The first kappa shape index (κ1) is 11.5. The summed E-state index contributed by atoms with van der Waals surface area (Å²) in [7, 11) is 1.74. The molecule has 1 aliphatic carbocycles. The van der Waals surface area contributed by atoms with Crippen molar-refractivity contribution >= 4 is 5.91 Å². The lowest BCUT2D eigenvalue weighted by atomic mass is 9.78. The lowest BCUT2D eigenvalue weighted by molar-refractivity contribution is -0.173. The molecule has 3 aliphatic rings. The van der Waals surface area contributed by atoms with E-state index in [1.54, 1.807) is 7.11 Å². The van der Waals surface area contributed by atoms with E-state index in [1.807, 2.05) is 4.90 Å². The zero-order chi connectivity index (χ0) is 11.9. The summed E-state index contributed by atoms with van der Waals surface area (Å²) in [5.74, 6) is 1.14. The first-order valence-electron chi connectivity index (χ1n) is 6.67. The summed E-state index contributed by atoms with van der Waals surface area (Å²) in [6.07, 6.45) is 4.47. The Kier molecular flexibility index (Phi) is 2.87. The van der Waals surface area contributed by atoms with Gasteiger partial charge in [-0.1, -0.05) is 6.42 Å². The van der Waals surface area contributed by atoms with Crippen molar-refractivity contribution in [3.63, 3.8) is 0 Å². The van der Waals surface area contributed by atoms with Crippen LogP contribution in [0.3, 0.4) is 0 Å². The van der Waals surface area contributed by atoms with E-state index in [9.17, 15) is 4.79 Å². The van der Waals surface area contributed by atoms with Crippen LogP contribution in [0.1, 0.15) is 25.7 Å². The summed E-state index contributed by atoms with van der Waals surface area (Å²) in [4.78, 5) is 14.0. The Bertz CT molecular complexity index is 308. The molecule has 0 unspecified atom stereocenters. The Morgan fingerprint density at radius 2 is 2.18 bits per heavy atom. The van der Waals surface area contributed by atoms with Crippen LogP contribution in [0.25, 0.3) is 0 Å². The highest BCUT2D eigenvalue weighted by Crippen LogP contribution is 2.41. The van der Waals surface area contributed by atoms with Gasteiger partial charge in [0.2, 0.25) is 5.91 Å². The molecule has 1 spiro atoms. The quantitative estimate of drug-likeness (QED) is 0.739. The van der Waals surface area contributed by atoms with Gasteiger partial charge in [-0.15, -0.1) is 0 Å². The molecule has 0 aromatic carbocycles. The molecule has 0 aromatic rings. The standard InChI is InChI=1S/C13H21NO3/c1-16-7-11-5-6-17-13(11)8-14(9-13)12(15)10-3-2-4-10/h10-11H,2-9H2,1H3/t11-/m0/s1. The molecule has 0 bridgehead atoms. The molecule has 3 fully saturated rings. The zero-order valence-electron chi connectivity index (χ0n) is 10.5. The van der Waals surface area contributed by atoms with Crippen LogP contribution in [0.5, 0.6) is 0 Å². The molecule has 4 nitrogen and oxygen atoms in total. The molecule has 2 heterocycles. The van der Waals surface area contributed by atoms with Crippen LogP contribution >= 0.6 is 0 Å². The van der Waals surface area contributed by atoms with Gasteiger partial charge >= 0.3 is 0 Å². The van der Waals surface area contributed by atoms with E-state index in [0.717, 1.165) is 45.6 Å². The smallest absolute Gasteiger partial charge is 0.225 e. The van der Waals surface area contributed by atoms with Crippen molar-refractivity contribution in [3.05, 3.63) is 0 Å². The molecule has 1 atom stereocenters. The largest absolute Gasteiger partial charge is 0.384 e. The van der Waals surface area contributed by atoms with Crippen LogP contribution in [0.15, 0.2) is 0 Å². The summed E-state index contributed by atoms with van der Waals surface area (Å²) < 4.78 is 11.1. The van der Waals surface area contributed by atoms with E-state index >= 15 is 0 Å². The van der Waals surface area contributed by atoms with Crippen LogP contribution in [-0.2, 0) is 14.3 Å². The van der Waals surface area contributed by atoms with Crippen molar-refractivity contribution in [1.29, 1.82) is 0 Å². The highest BCUT2D eigenvalue weighted by atomic mass is 16.5. The van der Waals surface area contributed by atoms with Crippen molar-refractivity contribution in [2.45, 2.75) is 31.3 Å². The van der Waals surface area contributed by atoms with Gasteiger partial charge in [0, 0.05) is 25.6 Å². The fraction of sp³-hybridized carbons (Fsp3) is 0.923. The molecule has 1 saturated carbocycles. The third-order valence-electron chi connectivity index (χ3n) is 4.65. The highest BCUT2D eigenvalue weighted by molar-refractivity contribution is 5.80. The van der Waals surface area contributed by atoms with Crippen molar-refractivity contribution in [2.24, 2.45) is 11.8 Å². The molecule has 1 amide bonds. The minimum Gasteiger partial charge on any atom is -0.384 e. The lowest BCUT2D eigenvalue weighted by Crippen LogP contribution is -2.67. The number of hydrogen-bond acceptors (Lipinski definition) is 3. The predicted molar refractivity (Wildman–Crippen MR) is 62.6 cm³/mol. The van der Waals surface area contributed by atoms with Crippen LogP contribution in [0.2, 0.25) is 0 Å². The van der Waals surface area contributed by atoms with Gasteiger partial charge in [-0.25, -0.2) is 0 Å². The molecule has 3 rings (SSSR count). The van der Waals surface area contributed by atoms with Gasteiger partial charge in [-0.3, -0.25) is 4.79 Å². The van der Waals surface area contributed by atoms with Crippen LogP contribution in [0.4, 0.5) is 0 Å². The highest BCUT2D eigenvalue weighted by Gasteiger charge is 2.55. The molecule has 4 heteroatoms. The Labute approximate surface area is 102 Å². The summed E-state index contributed by atoms with van der Waals surface area (Å²) >= 11 is 0. The van der Waals surface area contributed by atoms with Crippen molar-refractivity contribution in [2.75, 3.05) is 33.4 Å². The molecular formula is C13H21NO3. The third kappa shape index (κ3) is 1.78. The van der Waals surface area contributed by atoms with E-state index in [1.165, 1.54) is 6.42 Å². The van der Waals surface area contributed by atoms with Gasteiger partial charge in [0.15, 0.2) is 0 Å². The topological polar surface area (TPSA) is 38.8 Å². The molecule has 2 aliphatic heterocycles. The predicted octanol–water partition coefficient (Wildman–Crippen LogP) is 1.05. The molecule has 0 radical (unpaired) electrons. The summed E-state index contributed by atoms with van der Waals surface area (Å²) in [6.45, 7) is 3.15. The number of carbonyl (C=O) groups is 1. The van der Waals surface area contributed by atoms with Crippen molar-refractivity contribution < 1.29 is 14.3 Å². The van der Waals surface area contributed by atoms with E-state index in [4.69, 9.17) is 9.47 Å². The molecule has 2 saturated heterocycles. The Morgan fingerprint density at radius 3 is 2.76 bits per heavy atom. The van der Waals surface area contributed by atoms with E-state index in [-0.39, 0.29) is 5.60 Å². The monoisotopic (exact) mass is 239 g/mol. The maximum atomic E-state index is 12.1. The number of ether oxygens (including phenoxy) is 2. The first-order chi connectivity index (χ1) is 8.25. The van der Waals surface area contributed by atoms with Gasteiger partial charge in [-0.05, 0) is 19.3 Å². The number of nitrogens with zero attached hydrogens (tertiary/aromatic N) is 1. The second-order valence-electron chi connectivity index (χ2n) is 5.68. The fourth-order valence-corrected chi connectivity index (χ4v) is 3.24. The van der Waals surface area contributed by atoms with Gasteiger partial charge in [0.05, 0.1) is 19.7 Å². The van der Waals surface area contributed by atoms with Crippen LogP contribution in [-0.4, -0.2) is 49.8 Å². The number of likely N-dealkylation sites (tertiary alicyclic amines) is 1. The number of methoxy groups -OCH3 is 1. The van der Waals surface area contributed by atoms with Gasteiger partial charge in [0.1, 0.15) is 5.60 Å². The first-order valence-corrected chi connectivity index (χ1v) is 6.67. The van der Waals surface area contributed by atoms with Gasteiger partial charge in [0.25, 0.3) is 0 Å². The second kappa shape index (κ2) is 4.25. The molecule has 0 aromatic heterocycles. The third-order valence-corrected chi connectivity index (χ3v) is 4.65. The normalized spacial score (nSPS) is 31.4. The number of amides is 1. The van der Waals surface area contributed by atoms with E-state index in [2.05, 4.69) is 0 Å². The average Bonchev–Trinajstić information content (AvgIpc) is 2.56. The summed E-state index contributed by atoms with van der Waals surface area (Å²) in [5, 5.41) is 0. The number of rotatable bonds is 3. The Morgan fingerprint density at radius 1 is 1.41 bits per heavy atom. The SMILES string of the molecule is COC[C@@H]1CCOC12CN(C(=O)C1CCC1)C2. The van der Waals surface area contributed by atoms with Crippen LogP contribution in [0, 0.1) is 11.8 Å². The maximum absolute atomic E-state index is 12.1.